The van der Waals surface area contributed by atoms with Gasteiger partial charge in [-0.3, -0.25) is 9.59 Å². The first-order chi connectivity index (χ1) is 14.6. The number of carboxylic acids is 1. The summed E-state index contributed by atoms with van der Waals surface area (Å²) in [5, 5.41) is 16.5. The summed E-state index contributed by atoms with van der Waals surface area (Å²) in [5.74, 6) is -0.758. The second-order valence-electron chi connectivity index (χ2n) is 9.08. The minimum absolute atomic E-state index is 0.0452. The number of aliphatic carboxylic acids is 1. The van der Waals surface area contributed by atoms with Crippen molar-refractivity contribution < 1.29 is 14.7 Å². The van der Waals surface area contributed by atoms with Crippen molar-refractivity contribution in [3.63, 3.8) is 0 Å². The van der Waals surface area contributed by atoms with E-state index in [4.69, 9.17) is 10.2 Å². The summed E-state index contributed by atoms with van der Waals surface area (Å²) < 4.78 is 2.00. The van der Waals surface area contributed by atoms with Gasteiger partial charge in [-0.2, -0.15) is 5.10 Å². The average Bonchev–Trinajstić information content (AvgIpc) is 3.24. The Hall–Kier alpha value is -2.54. The van der Waals surface area contributed by atoms with Crippen molar-refractivity contribution in [2.45, 2.75) is 58.4 Å². The number of nitrogens with zero attached hydrogens (tertiary/aromatic N) is 2. The van der Waals surface area contributed by atoms with Crippen LogP contribution in [0.5, 0.6) is 0 Å². The number of rotatable bonds is 7. The molecule has 0 aliphatic heterocycles. The van der Waals surface area contributed by atoms with E-state index in [1.54, 1.807) is 0 Å². The summed E-state index contributed by atoms with van der Waals surface area (Å²) in [7, 11) is 0. The molecule has 1 aromatic heterocycles. The number of nitrogens with one attached hydrogen (secondary N) is 1. The number of carboxylic acid groups (broad SMARTS) is 1. The van der Waals surface area contributed by atoms with E-state index in [1.165, 1.54) is 11.1 Å². The van der Waals surface area contributed by atoms with E-state index in [9.17, 15) is 9.59 Å². The Labute approximate surface area is 188 Å². The zero-order chi connectivity index (χ0) is 22.8. The van der Waals surface area contributed by atoms with Gasteiger partial charge in [0, 0.05) is 23.2 Å². The molecular formula is C24H31N3O3S. The van der Waals surface area contributed by atoms with E-state index in [0.29, 0.717) is 0 Å². The number of hydrogen-bond donors (Lipinski definition) is 2. The van der Waals surface area contributed by atoms with Gasteiger partial charge in [0.05, 0.1) is 22.9 Å². The van der Waals surface area contributed by atoms with Gasteiger partial charge >= 0.3 is 5.97 Å². The number of amides is 1. The maximum atomic E-state index is 12.1. The predicted molar refractivity (Wildman–Crippen MR) is 125 cm³/mol. The van der Waals surface area contributed by atoms with Gasteiger partial charge in [0.2, 0.25) is 5.91 Å². The summed E-state index contributed by atoms with van der Waals surface area (Å²) >= 11 is 1.11. The molecule has 3 rings (SSSR count). The monoisotopic (exact) mass is 441 g/mol. The first kappa shape index (κ1) is 23.1. The topological polar surface area (TPSA) is 84.2 Å². The van der Waals surface area contributed by atoms with E-state index in [0.717, 1.165) is 35.3 Å². The average molecular weight is 442 g/mol. The first-order valence-electron chi connectivity index (χ1n) is 10.5. The number of carbonyl (C=O) groups is 2. The SMILES string of the molecule is Cc1nn(-c2ccc(C(C)(C)C)cc2)c(C)c1[C@@H]1C=C[C@@H](NC(=O)CSCC(=O)O)C1. The number of hydrogen-bond acceptors (Lipinski definition) is 4. The molecule has 2 atom stereocenters. The van der Waals surface area contributed by atoms with Crippen LogP contribution in [0, 0.1) is 13.8 Å². The maximum absolute atomic E-state index is 12.1. The second-order valence-corrected chi connectivity index (χ2v) is 10.1. The molecule has 0 unspecified atom stereocenters. The number of thioether (sulfide) groups is 1. The minimum Gasteiger partial charge on any atom is -0.481 e. The Morgan fingerprint density at radius 1 is 1.16 bits per heavy atom. The quantitative estimate of drug-likeness (QED) is 0.631. The molecule has 1 aliphatic rings. The minimum atomic E-state index is -0.908. The lowest BCUT2D eigenvalue weighted by Gasteiger charge is -2.19. The normalized spacial score (nSPS) is 18.4. The van der Waals surface area contributed by atoms with Crippen LogP contribution >= 0.6 is 11.8 Å². The van der Waals surface area contributed by atoms with Crippen LogP contribution in [-0.2, 0) is 15.0 Å². The molecule has 31 heavy (non-hydrogen) atoms. The van der Waals surface area contributed by atoms with E-state index in [2.05, 4.69) is 63.4 Å². The van der Waals surface area contributed by atoms with E-state index < -0.39 is 5.97 Å². The van der Waals surface area contributed by atoms with Gasteiger partial charge in [-0.05, 0) is 43.4 Å². The highest BCUT2D eigenvalue weighted by atomic mass is 32.2. The van der Waals surface area contributed by atoms with Crippen LogP contribution in [-0.4, -0.2) is 44.3 Å². The molecule has 0 saturated heterocycles. The Bertz CT molecular complexity index is 987. The highest BCUT2D eigenvalue weighted by Crippen LogP contribution is 2.34. The number of carbonyl (C=O) groups excluding carboxylic acids is 1. The van der Waals surface area contributed by atoms with Crippen molar-refractivity contribution in [1.29, 1.82) is 0 Å². The summed E-state index contributed by atoms with van der Waals surface area (Å²) in [5.41, 5.74) is 5.75. The lowest BCUT2D eigenvalue weighted by Crippen LogP contribution is -2.34. The lowest BCUT2D eigenvalue weighted by molar-refractivity contribution is -0.133. The van der Waals surface area contributed by atoms with E-state index in [1.807, 2.05) is 17.7 Å². The summed E-state index contributed by atoms with van der Waals surface area (Å²) in [6, 6.07) is 8.51. The molecule has 6 nitrogen and oxygen atoms in total. The summed E-state index contributed by atoms with van der Waals surface area (Å²) in [6.07, 6.45) is 4.95. The Balaban J connectivity index is 1.68. The molecule has 0 saturated carbocycles. The second kappa shape index (κ2) is 9.30. The largest absolute Gasteiger partial charge is 0.481 e. The first-order valence-corrected chi connectivity index (χ1v) is 11.7. The molecule has 1 amide bonds. The number of benzene rings is 1. The van der Waals surface area contributed by atoms with Crippen molar-refractivity contribution in [3.8, 4) is 5.69 Å². The molecular weight excluding hydrogens is 410 g/mol. The summed E-state index contributed by atoms with van der Waals surface area (Å²) in [6.45, 7) is 10.7. The van der Waals surface area contributed by atoms with Crippen molar-refractivity contribution in [2.75, 3.05) is 11.5 Å². The molecule has 166 valence electrons. The van der Waals surface area contributed by atoms with Crippen molar-refractivity contribution in [2.24, 2.45) is 0 Å². The van der Waals surface area contributed by atoms with Gasteiger partial charge in [-0.25, -0.2) is 4.68 Å². The van der Waals surface area contributed by atoms with Gasteiger partial charge < -0.3 is 10.4 Å². The fourth-order valence-electron chi connectivity index (χ4n) is 4.04. The zero-order valence-corrected chi connectivity index (χ0v) is 19.6. The van der Waals surface area contributed by atoms with Crippen LogP contribution < -0.4 is 5.32 Å². The third-order valence-electron chi connectivity index (χ3n) is 5.58. The van der Waals surface area contributed by atoms with Gasteiger partial charge in [-0.1, -0.05) is 45.1 Å². The molecule has 2 N–H and O–H groups in total. The fourth-order valence-corrected chi connectivity index (χ4v) is 4.59. The van der Waals surface area contributed by atoms with Gasteiger partial charge in [0.15, 0.2) is 0 Å². The third-order valence-corrected chi connectivity index (χ3v) is 6.50. The number of allylic oxidation sites excluding steroid dienone is 1. The molecule has 1 heterocycles. The predicted octanol–water partition coefficient (Wildman–Crippen LogP) is 4.13. The van der Waals surface area contributed by atoms with Gasteiger partial charge in [0.1, 0.15) is 0 Å². The lowest BCUT2D eigenvalue weighted by atomic mass is 9.87. The van der Waals surface area contributed by atoms with Crippen LogP contribution in [0.1, 0.15) is 55.6 Å². The zero-order valence-electron chi connectivity index (χ0n) is 18.8. The number of aryl methyl sites for hydroxylation is 1. The van der Waals surface area contributed by atoms with Crippen molar-refractivity contribution in [3.05, 3.63) is 58.9 Å². The fraction of sp³-hybridized carbons (Fsp3) is 0.458. The Morgan fingerprint density at radius 3 is 2.45 bits per heavy atom. The highest BCUT2D eigenvalue weighted by Gasteiger charge is 2.27. The molecule has 0 bridgehead atoms. The van der Waals surface area contributed by atoms with Crippen LogP contribution in [0.25, 0.3) is 5.69 Å². The van der Waals surface area contributed by atoms with E-state index >= 15 is 0 Å². The van der Waals surface area contributed by atoms with Gasteiger partial charge in [0.25, 0.3) is 0 Å². The molecule has 0 radical (unpaired) electrons. The molecule has 7 heteroatoms. The van der Waals surface area contributed by atoms with E-state index in [-0.39, 0.29) is 34.8 Å². The summed E-state index contributed by atoms with van der Waals surface area (Å²) in [4.78, 5) is 22.7. The number of aromatic nitrogens is 2. The van der Waals surface area contributed by atoms with Crippen molar-refractivity contribution in [1.82, 2.24) is 15.1 Å². The maximum Gasteiger partial charge on any atom is 0.313 e. The molecule has 0 spiro atoms. The van der Waals surface area contributed by atoms with Crippen molar-refractivity contribution >= 4 is 23.6 Å². The highest BCUT2D eigenvalue weighted by molar-refractivity contribution is 8.00. The van der Waals surface area contributed by atoms with Crippen LogP contribution in [0.15, 0.2) is 36.4 Å². The van der Waals surface area contributed by atoms with Crippen LogP contribution in [0.4, 0.5) is 0 Å². The molecule has 1 aliphatic carbocycles. The van der Waals surface area contributed by atoms with Gasteiger partial charge in [-0.15, -0.1) is 11.8 Å². The smallest absolute Gasteiger partial charge is 0.313 e. The molecule has 0 fully saturated rings. The third kappa shape index (κ3) is 5.58. The standard InChI is InChI=1S/C24H31N3O3S/c1-15-23(17-6-9-19(12-17)25-21(28)13-31-14-22(29)30)16(2)27(26-15)20-10-7-18(8-11-20)24(3,4)5/h6-11,17,19H,12-14H2,1-5H3,(H,25,28)(H,29,30)/t17-,19-/m1/s1. The Kier molecular flexibility index (Phi) is 6.94. The Morgan fingerprint density at radius 2 is 1.84 bits per heavy atom. The molecule has 2 aromatic rings. The van der Waals surface area contributed by atoms with Crippen LogP contribution in [0.3, 0.4) is 0 Å². The van der Waals surface area contributed by atoms with Crippen LogP contribution in [0.2, 0.25) is 0 Å². The molecule has 1 aromatic carbocycles.